The SMILES string of the molecule is CCOc1cc(CN2CCC(Nc3ncc(-c4ccccc4)cn3)CC2)cc(OCC)c1-n1cccc1.c1ccc(-c2cnc(NC3CCNCC3)nc2)cc1. The van der Waals surface area contributed by atoms with Crippen LogP contribution in [0.4, 0.5) is 11.9 Å². The minimum Gasteiger partial charge on any atom is -0.492 e. The van der Waals surface area contributed by atoms with Crippen LogP contribution in [0.3, 0.4) is 0 Å². The van der Waals surface area contributed by atoms with Crippen molar-refractivity contribution in [1.82, 2.24) is 34.7 Å². The van der Waals surface area contributed by atoms with E-state index >= 15 is 0 Å². The number of nitrogens with one attached hydrogen (secondary N) is 3. The molecule has 290 valence electrons. The quantitative estimate of drug-likeness (QED) is 0.107. The highest BCUT2D eigenvalue weighted by atomic mass is 16.5. The number of anilines is 2. The van der Waals surface area contributed by atoms with Gasteiger partial charge in [-0.25, -0.2) is 19.9 Å². The van der Waals surface area contributed by atoms with E-state index in [1.54, 1.807) is 0 Å². The average Bonchev–Trinajstić information content (AvgIpc) is 3.78. The number of rotatable bonds is 13. The Morgan fingerprint density at radius 3 is 1.54 bits per heavy atom. The van der Waals surface area contributed by atoms with Gasteiger partial charge in [-0.05, 0) is 93.6 Å². The molecule has 56 heavy (non-hydrogen) atoms. The third-order valence-corrected chi connectivity index (χ3v) is 10.1. The Bertz CT molecular complexity index is 2000. The molecular formula is C45H53N9O2. The van der Waals surface area contributed by atoms with Crippen molar-refractivity contribution in [1.29, 1.82) is 0 Å². The van der Waals surface area contributed by atoms with Crippen LogP contribution < -0.4 is 25.4 Å². The number of ether oxygens (including phenoxy) is 2. The number of hydrogen-bond donors (Lipinski definition) is 3. The van der Waals surface area contributed by atoms with Crippen LogP contribution in [-0.4, -0.2) is 80.9 Å². The number of hydrogen-bond acceptors (Lipinski definition) is 10. The largest absolute Gasteiger partial charge is 0.492 e. The molecule has 8 rings (SSSR count). The van der Waals surface area contributed by atoms with Gasteiger partial charge in [0.25, 0.3) is 0 Å². The molecule has 2 saturated heterocycles. The molecule has 5 heterocycles. The molecule has 2 aliphatic heterocycles. The van der Waals surface area contributed by atoms with Gasteiger partial charge in [0, 0.05) is 80.0 Å². The Morgan fingerprint density at radius 1 is 0.607 bits per heavy atom. The lowest BCUT2D eigenvalue weighted by molar-refractivity contribution is 0.210. The van der Waals surface area contributed by atoms with Crippen LogP contribution >= 0.6 is 0 Å². The van der Waals surface area contributed by atoms with Gasteiger partial charge in [-0.15, -0.1) is 0 Å². The van der Waals surface area contributed by atoms with Crippen molar-refractivity contribution in [2.24, 2.45) is 0 Å². The topological polar surface area (TPSA) is 114 Å². The van der Waals surface area contributed by atoms with Gasteiger partial charge in [0.1, 0.15) is 17.2 Å². The van der Waals surface area contributed by atoms with Gasteiger partial charge in [0.2, 0.25) is 11.9 Å². The molecule has 11 heteroatoms. The number of aromatic nitrogens is 5. The summed E-state index contributed by atoms with van der Waals surface area (Å²) in [4.78, 5) is 20.4. The molecule has 2 fully saturated rings. The number of benzene rings is 3. The molecule has 0 aliphatic carbocycles. The summed E-state index contributed by atoms with van der Waals surface area (Å²) in [5.41, 5.74) is 6.52. The maximum absolute atomic E-state index is 6.05. The zero-order valence-corrected chi connectivity index (χ0v) is 32.5. The molecule has 6 aromatic rings. The number of piperidine rings is 2. The first kappa shape index (κ1) is 38.5. The smallest absolute Gasteiger partial charge is 0.222 e. The minimum absolute atomic E-state index is 0.368. The first-order chi connectivity index (χ1) is 27.6. The predicted molar refractivity (Wildman–Crippen MR) is 224 cm³/mol. The van der Waals surface area contributed by atoms with Crippen LogP contribution in [0, 0.1) is 0 Å². The second-order valence-electron chi connectivity index (χ2n) is 14.1. The van der Waals surface area contributed by atoms with E-state index in [9.17, 15) is 0 Å². The Labute approximate surface area is 330 Å². The van der Waals surface area contributed by atoms with Gasteiger partial charge in [-0.1, -0.05) is 60.7 Å². The van der Waals surface area contributed by atoms with Crippen molar-refractivity contribution in [2.45, 2.75) is 58.2 Å². The average molecular weight is 752 g/mol. The molecule has 0 bridgehead atoms. The van der Waals surface area contributed by atoms with Crippen molar-refractivity contribution in [2.75, 3.05) is 50.0 Å². The highest BCUT2D eigenvalue weighted by molar-refractivity contribution is 5.63. The number of likely N-dealkylation sites (tertiary alicyclic amines) is 1. The third-order valence-electron chi connectivity index (χ3n) is 10.1. The fraction of sp³-hybridized carbons (Fsp3) is 0.333. The van der Waals surface area contributed by atoms with Crippen LogP contribution in [0.5, 0.6) is 11.5 Å². The Morgan fingerprint density at radius 2 is 1.07 bits per heavy atom. The van der Waals surface area contributed by atoms with E-state index in [4.69, 9.17) is 9.47 Å². The van der Waals surface area contributed by atoms with Crippen molar-refractivity contribution in [3.05, 3.63) is 128 Å². The molecule has 3 aromatic carbocycles. The Hall–Kier alpha value is -5.78. The lowest BCUT2D eigenvalue weighted by Crippen LogP contribution is -2.39. The van der Waals surface area contributed by atoms with Gasteiger partial charge >= 0.3 is 0 Å². The highest BCUT2D eigenvalue weighted by Gasteiger charge is 2.22. The molecule has 0 atom stereocenters. The van der Waals surface area contributed by atoms with Crippen molar-refractivity contribution in [3.8, 4) is 39.4 Å². The Balaban J connectivity index is 0.000000211. The lowest BCUT2D eigenvalue weighted by Gasteiger charge is -2.32. The van der Waals surface area contributed by atoms with Crippen LogP contribution in [0.25, 0.3) is 27.9 Å². The Kier molecular flexibility index (Phi) is 13.5. The summed E-state index contributed by atoms with van der Waals surface area (Å²) >= 11 is 0. The van der Waals surface area contributed by atoms with Gasteiger partial charge in [0.15, 0.2) is 0 Å². The van der Waals surface area contributed by atoms with Gasteiger partial charge in [-0.2, -0.15) is 0 Å². The predicted octanol–water partition coefficient (Wildman–Crippen LogP) is 8.12. The summed E-state index contributed by atoms with van der Waals surface area (Å²) in [5, 5.41) is 10.3. The van der Waals surface area contributed by atoms with Gasteiger partial charge in [-0.3, -0.25) is 4.90 Å². The molecule has 3 N–H and O–H groups in total. The van der Waals surface area contributed by atoms with E-state index in [1.807, 2.05) is 99.6 Å². The second kappa shape index (κ2) is 19.7. The van der Waals surface area contributed by atoms with Crippen molar-refractivity contribution >= 4 is 11.9 Å². The summed E-state index contributed by atoms with van der Waals surface area (Å²) in [6.45, 7) is 10.3. The second-order valence-corrected chi connectivity index (χ2v) is 14.1. The highest BCUT2D eigenvalue weighted by Crippen LogP contribution is 2.35. The summed E-state index contributed by atoms with van der Waals surface area (Å²) < 4.78 is 14.2. The fourth-order valence-corrected chi connectivity index (χ4v) is 7.19. The van der Waals surface area contributed by atoms with Crippen LogP contribution in [0.15, 0.2) is 122 Å². The molecule has 0 unspecified atom stereocenters. The van der Waals surface area contributed by atoms with Gasteiger partial charge in [0.05, 0.1) is 13.2 Å². The van der Waals surface area contributed by atoms with E-state index in [0.29, 0.717) is 31.2 Å². The first-order valence-corrected chi connectivity index (χ1v) is 19.9. The van der Waals surface area contributed by atoms with E-state index in [1.165, 1.54) is 5.56 Å². The molecular weight excluding hydrogens is 699 g/mol. The summed E-state index contributed by atoms with van der Waals surface area (Å²) in [6.07, 6.45) is 15.9. The van der Waals surface area contributed by atoms with Crippen LogP contribution in [-0.2, 0) is 6.54 Å². The number of nitrogens with zero attached hydrogens (tertiary/aromatic N) is 6. The van der Waals surface area contributed by atoms with E-state index in [2.05, 4.69) is 81.8 Å². The molecule has 0 amide bonds. The molecule has 0 spiro atoms. The van der Waals surface area contributed by atoms with Crippen LogP contribution in [0.2, 0.25) is 0 Å². The molecule has 0 radical (unpaired) electrons. The normalized spacial score (nSPS) is 15.0. The third kappa shape index (κ3) is 10.5. The maximum Gasteiger partial charge on any atom is 0.222 e. The van der Waals surface area contributed by atoms with Gasteiger partial charge < -0.3 is 30.0 Å². The molecule has 11 nitrogen and oxygen atoms in total. The maximum atomic E-state index is 6.05. The fourth-order valence-electron chi connectivity index (χ4n) is 7.19. The van der Waals surface area contributed by atoms with Crippen LogP contribution in [0.1, 0.15) is 45.1 Å². The van der Waals surface area contributed by atoms with Crippen molar-refractivity contribution < 1.29 is 9.47 Å². The monoisotopic (exact) mass is 751 g/mol. The van der Waals surface area contributed by atoms with E-state index in [-0.39, 0.29) is 0 Å². The lowest BCUT2D eigenvalue weighted by atomic mass is 10.0. The van der Waals surface area contributed by atoms with Crippen molar-refractivity contribution in [3.63, 3.8) is 0 Å². The standard InChI is InChI=1S/C30H35N5O2.C15H18N4/c1-3-36-27-18-23(19-28(37-4-2)29(27)35-14-8-9-15-35)22-34-16-12-26(13-17-34)33-30-31-20-25(21-32-30)24-10-6-5-7-11-24;1-2-4-12(5-3-1)13-10-17-15(18-11-13)19-14-6-8-16-9-7-14/h5-11,14-15,18-21,26H,3-4,12-13,16-17,22H2,1-2H3,(H,31,32,33);1-5,10-11,14,16H,6-9H2,(H,17,18,19). The summed E-state index contributed by atoms with van der Waals surface area (Å²) in [6, 6.07) is 29.6. The van der Waals surface area contributed by atoms with E-state index in [0.717, 1.165) is 104 Å². The zero-order valence-electron chi connectivity index (χ0n) is 32.5. The summed E-state index contributed by atoms with van der Waals surface area (Å²) in [7, 11) is 0. The van der Waals surface area contributed by atoms with E-state index < -0.39 is 0 Å². The zero-order chi connectivity index (χ0) is 38.4. The summed E-state index contributed by atoms with van der Waals surface area (Å²) in [5.74, 6) is 3.13. The molecule has 0 saturated carbocycles. The molecule has 2 aliphatic rings. The minimum atomic E-state index is 0.368. The first-order valence-electron chi connectivity index (χ1n) is 19.9. The molecule has 3 aromatic heterocycles.